The van der Waals surface area contributed by atoms with Gasteiger partial charge in [0.1, 0.15) is 6.67 Å². The Kier molecular flexibility index (Phi) is 5.07. The Bertz CT molecular complexity index is 111. The quantitative estimate of drug-likeness (QED) is 0.513. The van der Waals surface area contributed by atoms with Crippen molar-refractivity contribution in [3.63, 3.8) is 0 Å². The molecule has 0 aromatic carbocycles. The second-order valence-corrected chi connectivity index (χ2v) is 1.95. The van der Waals surface area contributed by atoms with Gasteiger partial charge in [-0.05, 0) is 21.0 Å². The highest BCUT2D eigenvalue weighted by molar-refractivity contribution is 5.40. The smallest absolute Gasteiger partial charge is 0.102 e. The molecule has 0 heterocycles. The van der Waals surface area contributed by atoms with Crippen LogP contribution in [0, 0.1) is 0 Å². The van der Waals surface area contributed by atoms with E-state index in [-0.39, 0.29) is 0 Å². The standard InChI is InChI=1S/C6H13N3/c1-4-7-5-8-6-9(2)3/h4,6H2,1-3H3. The molecule has 3 heteroatoms. The van der Waals surface area contributed by atoms with Crippen LogP contribution in [-0.4, -0.2) is 38.2 Å². The molecule has 0 saturated carbocycles. The summed E-state index contributed by atoms with van der Waals surface area (Å²) < 4.78 is 0. The fraction of sp³-hybridized carbons (Fsp3) is 0.833. The first-order chi connectivity index (χ1) is 4.27. The minimum Gasteiger partial charge on any atom is -0.290 e. The second kappa shape index (κ2) is 5.48. The van der Waals surface area contributed by atoms with E-state index in [9.17, 15) is 0 Å². The Morgan fingerprint density at radius 2 is 2.00 bits per heavy atom. The number of nitrogens with zero attached hydrogens (tertiary/aromatic N) is 3. The zero-order valence-corrected chi connectivity index (χ0v) is 6.26. The lowest BCUT2D eigenvalue weighted by atomic mass is 10.8. The molecule has 0 aliphatic carbocycles. The van der Waals surface area contributed by atoms with E-state index in [4.69, 9.17) is 0 Å². The summed E-state index contributed by atoms with van der Waals surface area (Å²) in [4.78, 5) is 9.63. The average molecular weight is 127 g/mol. The molecule has 0 fully saturated rings. The molecular formula is C6H13N3. The van der Waals surface area contributed by atoms with Crippen LogP contribution in [0.4, 0.5) is 0 Å². The molecule has 0 spiro atoms. The topological polar surface area (TPSA) is 28.0 Å². The van der Waals surface area contributed by atoms with Crippen molar-refractivity contribution in [2.24, 2.45) is 9.98 Å². The molecule has 3 nitrogen and oxygen atoms in total. The highest BCUT2D eigenvalue weighted by atomic mass is 15.1. The van der Waals surface area contributed by atoms with Crippen LogP contribution in [0.5, 0.6) is 0 Å². The summed E-state index contributed by atoms with van der Waals surface area (Å²) in [5, 5.41) is 0. The van der Waals surface area contributed by atoms with Gasteiger partial charge in [0.05, 0.1) is 6.01 Å². The van der Waals surface area contributed by atoms with E-state index in [0.29, 0.717) is 6.67 Å². The number of rotatable bonds is 3. The maximum atomic E-state index is 3.87. The van der Waals surface area contributed by atoms with Gasteiger partial charge in [-0.3, -0.25) is 4.90 Å². The summed E-state index contributed by atoms with van der Waals surface area (Å²) in [7, 11) is 3.91. The van der Waals surface area contributed by atoms with E-state index in [1.807, 2.05) is 25.9 Å². The third kappa shape index (κ3) is 7.34. The summed E-state index contributed by atoms with van der Waals surface area (Å²) in [6, 6.07) is 2.57. The maximum absolute atomic E-state index is 3.87. The van der Waals surface area contributed by atoms with Crippen molar-refractivity contribution in [2.45, 2.75) is 6.92 Å². The van der Waals surface area contributed by atoms with Gasteiger partial charge in [-0.15, -0.1) is 0 Å². The molecule has 0 N–H and O–H groups in total. The average Bonchev–Trinajstić information content (AvgIpc) is 1.80. The molecule has 0 unspecified atom stereocenters. The van der Waals surface area contributed by atoms with Crippen LogP contribution >= 0.6 is 0 Å². The minimum atomic E-state index is 0.670. The molecule has 0 bridgehead atoms. The number of aliphatic imine (C=N–C) groups is 2. The van der Waals surface area contributed by atoms with E-state index >= 15 is 0 Å². The molecule has 0 aliphatic rings. The van der Waals surface area contributed by atoms with Crippen molar-refractivity contribution < 1.29 is 0 Å². The summed E-state index contributed by atoms with van der Waals surface area (Å²) in [6.07, 6.45) is 0. The van der Waals surface area contributed by atoms with Gasteiger partial charge in [0, 0.05) is 6.54 Å². The van der Waals surface area contributed by atoms with Gasteiger partial charge in [0.15, 0.2) is 0 Å². The molecule has 9 heavy (non-hydrogen) atoms. The molecule has 0 amide bonds. The molecule has 0 aliphatic heterocycles. The zero-order chi connectivity index (χ0) is 7.11. The first kappa shape index (κ1) is 8.34. The third-order valence-electron chi connectivity index (χ3n) is 0.653. The Balaban J connectivity index is 3.35. The molecule has 0 aromatic rings. The second-order valence-electron chi connectivity index (χ2n) is 1.95. The Morgan fingerprint density at radius 1 is 1.33 bits per heavy atom. The molecule has 0 rings (SSSR count). The van der Waals surface area contributed by atoms with Crippen LogP contribution in [0.2, 0.25) is 0 Å². The van der Waals surface area contributed by atoms with E-state index in [1.54, 1.807) is 0 Å². The first-order valence-electron chi connectivity index (χ1n) is 3.00. The van der Waals surface area contributed by atoms with E-state index in [1.165, 1.54) is 0 Å². The zero-order valence-electron chi connectivity index (χ0n) is 6.26. The maximum Gasteiger partial charge on any atom is 0.102 e. The van der Waals surface area contributed by atoms with Gasteiger partial charge < -0.3 is 0 Å². The summed E-state index contributed by atoms with van der Waals surface area (Å²) in [5.74, 6) is 0. The van der Waals surface area contributed by atoms with Crippen molar-refractivity contribution in [1.82, 2.24) is 4.90 Å². The van der Waals surface area contributed by atoms with Crippen molar-refractivity contribution in [2.75, 3.05) is 27.3 Å². The van der Waals surface area contributed by atoms with Crippen molar-refractivity contribution >= 4 is 6.01 Å². The lowest BCUT2D eigenvalue weighted by Crippen LogP contribution is -2.10. The molecule has 0 radical (unpaired) electrons. The van der Waals surface area contributed by atoms with Crippen molar-refractivity contribution in [1.29, 1.82) is 0 Å². The largest absolute Gasteiger partial charge is 0.290 e. The lowest BCUT2D eigenvalue weighted by Gasteiger charge is -2.00. The van der Waals surface area contributed by atoms with E-state index in [0.717, 1.165) is 6.54 Å². The third-order valence-corrected chi connectivity index (χ3v) is 0.653. The van der Waals surface area contributed by atoms with Crippen LogP contribution in [-0.2, 0) is 0 Å². The highest BCUT2D eigenvalue weighted by Gasteiger charge is 1.78. The summed E-state index contributed by atoms with van der Waals surface area (Å²) in [6.45, 7) is 3.39. The van der Waals surface area contributed by atoms with E-state index in [2.05, 4.69) is 16.0 Å². The SMILES string of the molecule is CCN=C=NCN(C)C. The number of hydrogen-bond acceptors (Lipinski definition) is 3. The summed E-state index contributed by atoms with van der Waals surface area (Å²) >= 11 is 0. The van der Waals surface area contributed by atoms with Gasteiger partial charge in [-0.2, -0.15) is 0 Å². The summed E-state index contributed by atoms with van der Waals surface area (Å²) in [5.41, 5.74) is 0. The van der Waals surface area contributed by atoms with E-state index < -0.39 is 0 Å². The Labute approximate surface area is 56.1 Å². The first-order valence-corrected chi connectivity index (χ1v) is 3.00. The molecular weight excluding hydrogens is 114 g/mol. The van der Waals surface area contributed by atoms with Gasteiger partial charge in [-0.25, -0.2) is 9.98 Å². The Hall–Kier alpha value is -0.660. The number of hydrogen-bond donors (Lipinski definition) is 0. The van der Waals surface area contributed by atoms with Crippen LogP contribution < -0.4 is 0 Å². The predicted molar refractivity (Wildman–Crippen MR) is 39.0 cm³/mol. The molecule has 52 valence electrons. The van der Waals surface area contributed by atoms with Gasteiger partial charge in [-0.1, -0.05) is 0 Å². The fourth-order valence-electron chi connectivity index (χ4n) is 0.294. The van der Waals surface area contributed by atoms with Crippen LogP contribution in [0.15, 0.2) is 9.98 Å². The van der Waals surface area contributed by atoms with Crippen LogP contribution in [0.3, 0.4) is 0 Å². The normalized spacial score (nSPS) is 8.89. The molecule has 0 atom stereocenters. The lowest BCUT2D eigenvalue weighted by molar-refractivity contribution is 0.425. The predicted octanol–water partition coefficient (Wildman–Crippen LogP) is 0.699. The fourth-order valence-corrected chi connectivity index (χ4v) is 0.294. The highest BCUT2D eigenvalue weighted by Crippen LogP contribution is 1.71. The van der Waals surface area contributed by atoms with Crippen molar-refractivity contribution in [3.05, 3.63) is 0 Å². The minimum absolute atomic E-state index is 0.670. The van der Waals surface area contributed by atoms with Gasteiger partial charge >= 0.3 is 0 Å². The van der Waals surface area contributed by atoms with Crippen molar-refractivity contribution in [3.8, 4) is 0 Å². The van der Waals surface area contributed by atoms with Crippen LogP contribution in [0.25, 0.3) is 0 Å². The Morgan fingerprint density at radius 3 is 2.44 bits per heavy atom. The van der Waals surface area contributed by atoms with Gasteiger partial charge in [0.2, 0.25) is 0 Å². The van der Waals surface area contributed by atoms with Gasteiger partial charge in [0.25, 0.3) is 0 Å². The monoisotopic (exact) mass is 127 g/mol. The van der Waals surface area contributed by atoms with Crippen LogP contribution in [0.1, 0.15) is 6.92 Å². The molecule has 0 saturated heterocycles. The molecule has 0 aromatic heterocycles.